The van der Waals surface area contributed by atoms with Crippen LogP contribution in [-0.2, 0) is 17.3 Å². The van der Waals surface area contributed by atoms with Gasteiger partial charge in [0, 0.05) is 13.6 Å². The Morgan fingerprint density at radius 1 is 1.13 bits per heavy atom. The van der Waals surface area contributed by atoms with E-state index in [2.05, 4.69) is 34.5 Å². The Morgan fingerprint density at radius 2 is 1.87 bits per heavy atom. The zero-order valence-electron chi connectivity index (χ0n) is 17.3. The number of benzene rings is 2. The summed E-state index contributed by atoms with van der Waals surface area (Å²) in [5.74, 6) is -0.303. The summed E-state index contributed by atoms with van der Waals surface area (Å²) < 4.78 is 6.73. The zero-order valence-corrected chi connectivity index (χ0v) is 17.3. The van der Waals surface area contributed by atoms with E-state index in [-0.39, 0.29) is 17.7 Å². The molecule has 30 heavy (non-hydrogen) atoms. The highest BCUT2D eigenvalue weighted by Crippen LogP contribution is 2.49. The van der Waals surface area contributed by atoms with Crippen LogP contribution in [0.4, 0.5) is 0 Å². The van der Waals surface area contributed by atoms with Crippen LogP contribution in [0.25, 0.3) is 11.1 Å². The average Bonchev–Trinajstić information content (AvgIpc) is 3.31. The summed E-state index contributed by atoms with van der Waals surface area (Å²) in [4.78, 5) is 27.6. The number of aryl methyl sites for hydroxylation is 1. The number of nitrogens with zero attached hydrogens (tertiary/aromatic N) is 2. The number of oxazole rings is 1. The van der Waals surface area contributed by atoms with Gasteiger partial charge in [0.15, 0.2) is 5.58 Å². The molecule has 1 atom stereocenters. The van der Waals surface area contributed by atoms with E-state index in [1.807, 2.05) is 18.2 Å². The lowest BCUT2D eigenvalue weighted by molar-refractivity contribution is -0.123. The molecule has 1 aliphatic carbocycles. The number of hydrogen-bond acceptors (Lipinski definition) is 4. The Labute approximate surface area is 175 Å². The topological polar surface area (TPSA) is 67.5 Å². The maximum Gasteiger partial charge on any atom is 0.419 e. The normalized spacial score (nSPS) is 19.1. The Morgan fingerprint density at radius 3 is 2.57 bits per heavy atom. The van der Waals surface area contributed by atoms with Crippen LogP contribution in [-0.4, -0.2) is 35.0 Å². The molecule has 1 saturated heterocycles. The number of carbonyl (C=O) groups is 1. The third-order valence-corrected chi connectivity index (χ3v) is 6.75. The fraction of sp³-hybridized carbons (Fsp3) is 0.417. The summed E-state index contributed by atoms with van der Waals surface area (Å²) in [6.07, 6.45) is 4.08. The maximum atomic E-state index is 13.3. The van der Waals surface area contributed by atoms with Gasteiger partial charge in [-0.1, -0.05) is 36.4 Å². The van der Waals surface area contributed by atoms with E-state index in [4.69, 9.17) is 4.42 Å². The zero-order chi connectivity index (χ0) is 20.7. The molecule has 1 unspecified atom stereocenters. The van der Waals surface area contributed by atoms with Gasteiger partial charge >= 0.3 is 5.76 Å². The van der Waals surface area contributed by atoms with Gasteiger partial charge in [-0.3, -0.25) is 14.3 Å². The number of carbonyl (C=O) groups excluding carboxylic acids is 1. The second-order valence-electron chi connectivity index (χ2n) is 8.57. The smallest absolute Gasteiger partial charge is 0.408 e. The van der Waals surface area contributed by atoms with Crippen LogP contribution in [0.5, 0.6) is 0 Å². The predicted octanol–water partition coefficient (Wildman–Crippen LogP) is 3.12. The second-order valence-corrected chi connectivity index (χ2v) is 8.57. The first-order chi connectivity index (χ1) is 14.6. The van der Waals surface area contributed by atoms with Crippen molar-refractivity contribution in [2.45, 2.75) is 37.1 Å². The Kier molecular flexibility index (Phi) is 4.74. The minimum atomic E-state index is -0.492. The van der Waals surface area contributed by atoms with E-state index in [1.54, 1.807) is 13.1 Å². The van der Waals surface area contributed by atoms with Gasteiger partial charge in [0.05, 0.1) is 17.0 Å². The van der Waals surface area contributed by atoms with Crippen LogP contribution in [0, 0.1) is 0 Å². The molecule has 6 heteroatoms. The Balaban J connectivity index is 1.36. The summed E-state index contributed by atoms with van der Waals surface area (Å²) in [6, 6.07) is 16.3. The molecular formula is C24H27N3O3. The number of nitrogens with one attached hydrogen (secondary N) is 1. The Hall–Kier alpha value is -2.86. The predicted molar refractivity (Wildman–Crippen MR) is 115 cm³/mol. The van der Waals surface area contributed by atoms with E-state index >= 15 is 0 Å². The van der Waals surface area contributed by atoms with E-state index < -0.39 is 5.41 Å². The molecule has 6 nitrogen and oxygen atoms in total. The van der Waals surface area contributed by atoms with Crippen molar-refractivity contribution in [2.24, 2.45) is 7.05 Å². The first-order valence-corrected chi connectivity index (χ1v) is 10.8. The summed E-state index contributed by atoms with van der Waals surface area (Å²) in [5.41, 5.74) is 3.01. The number of hydrogen-bond donors (Lipinski definition) is 1. The average molecular weight is 405 g/mol. The van der Waals surface area contributed by atoms with Crippen LogP contribution in [0.1, 0.15) is 42.9 Å². The van der Waals surface area contributed by atoms with Crippen molar-refractivity contribution in [2.75, 3.05) is 19.6 Å². The largest absolute Gasteiger partial charge is 0.419 e. The van der Waals surface area contributed by atoms with Crippen molar-refractivity contribution in [3.63, 3.8) is 0 Å². The number of likely N-dealkylation sites (tertiary alicyclic amines) is 1. The first kappa shape index (κ1) is 19.1. The molecule has 1 amide bonds. The molecule has 2 fully saturated rings. The van der Waals surface area contributed by atoms with Crippen molar-refractivity contribution in [1.29, 1.82) is 0 Å². The van der Waals surface area contributed by atoms with Crippen molar-refractivity contribution in [3.05, 3.63) is 70.2 Å². The highest BCUT2D eigenvalue weighted by molar-refractivity contribution is 5.92. The van der Waals surface area contributed by atoms with Gasteiger partial charge in [-0.25, -0.2) is 4.79 Å². The van der Waals surface area contributed by atoms with Crippen molar-refractivity contribution >= 4 is 17.0 Å². The van der Waals surface area contributed by atoms with Gasteiger partial charge in [0.25, 0.3) is 0 Å². The molecule has 1 saturated carbocycles. The third-order valence-electron chi connectivity index (χ3n) is 6.75. The van der Waals surface area contributed by atoms with Crippen molar-refractivity contribution in [3.8, 4) is 0 Å². The fourth-order valence-electron chi connectivity index (χ4n) is 4.74. The van der Waals surface area contributed by atoms with Crippen LogP contribution in [0.2, 0.25) is 0 Å². The number of amides is 1. The highest BCUT2D eigenvalue weighted by Gasteiger charge is 2.51. The molecule has 0 spiro atoms. The van der Waals surface area contributed by atoms with Gasteiger partial charge < -0.3 is 9.73 Å². The molecule has 156 valence electrons. The molecule has 2 aromatic carbocycles. The van der Waals surface area contributed by atoms with Crippen LogP contribution in [0.3, 0.4) is 0 Å². The highest BCUT2D eigenvalue weighted by atomic mass is 16.4. The quantitative estimate of drug-likeness (QED) is 0.684. The van der Waals surface area contributed by atoms with Crippen LogP contribution in [0.15, 0.2) is 57.7 Å². The molecule has 1 aliphatic heterocycles. The van der Waals surface area contributed by atoms with Crippen molar-refractivity contribution in [1.82, 2.24) is 14.8 Å². The second kappa shape index (κ2) is 7.43. The summed E-state index contributed by atoms with van der Waals surface area (Å²) in [6.45, 7) is 2.76. The van der Waals surface area contributed by atoms with E-state index in [1.165, 1.54) is 23.0 Å². The minimum absolute atomic E-state index is 0.0791. The lowest BCUT2D eigenvalue weighted by Crippen LogP contribution is -2.41. The summed E-state index contributed by atoms with van der Waals surface area (Å²) in [5, 5.41) is 3.25. The molecule has 2 heterocycles. The lowest BCUT2D eigenvalue weighted by Gasteiger charge is -2.29. The molecule has 1 N–H and O–H groups in total. The first-order valence-electron chi connectivity index (χ1n) is 10.8. The van der Waals surface area contributed by atoms with Gasteiger partial charge in [-0.15, -0.1) is 0 Å². The number of rotatable bonds is 6. The SMILES string of the molecule is Cn1c(=O)oc2ccc(C3(C(=O)NCC(c4ccccc4)N4CCCC4)CC3)cc21. The third kappa shape index (κ3) is 3.25. The monoisotopic (exact) mass is 405 g/mol. The van der Waals surface area contributed by atoms with Gasteiger partial charge in [-0.2, -0.15) is 0 Å². The number of aromatic nitrogens is 1. The van der Waals surface area contributed by atoms with Gasteiger partial charge in [0.2, 0.25) is 5.91 Å². The van der Waals surface area contributed by atoms with Crippen LogP contribution >= 0.6 is 0 Å². The molecule has 5 rings (SSSR count). The summed E-state index contributed by atoms with van der Waals surface area (Å²) in [7, 11) is 1.69. The van der Waals surface area contributed by atoms with Crippen LogP contribution < -0.4 is 11.1 Å². The van der Waals surface area contributed by atoms with E-state index in [0.29, 0.717) is 12.1 Å². The van der Waals surface area contributed by atoms with Crippen molar-refractivity contribution < 1.29 is 9.21 Å². The van der Waals surface area contributed by atoms with E-state index in [0.717, 1.165) is 37.0 Å². The minimum Gasteiger partial charge on any atom is -0.408 e. The number of fused-ring (bicyclic) bond motifs is 1. The fourth-order valence-corrected chi connectivity index (χ4v) is 4.74. The lowest BCUT2D eigenvalue weighted by atomic mass is 9.94. The Bertz CT molecular complexity index is 1120. The molecule has 3 aromatic rings. The maximum absolute atomic E-state index is 13.3. The molecule has 1 aromatic heterocycles. The van der Waals surface area contributed by atoms with E-state index in [9.17, 15) is 9.59 Å². The summed E-state index contributed by atoms with van der Waals surface area (Å²) >= 11 is 0. The standard InChI is InChI=1S/C24H27N3O3/c1-26-19-15-18(9-10-21(19)30-23(26)29)24(11-12-24)22(28)25-16-20(27-13-5-6-14-27)17-7-3-2-4-8-17/h2-4,7-10,15,20H,5-6,11-14,16H2,1H3,(H,25,28). The molecule has 2 aliphatic rings. The van der Waals surface area contributed by atoms with Gasteiger partial charge in [0.1, 0.15) is 0 Å². The van der Waals surface area contributed by atoms with Gasteiger partial charge in [-0.05, 0) is 62.0 Å². The molecule has 0 radical (unpaired) electrons. The molecule has 0 bridgehead atoms. The molecular weight excluding hydrogens is 378 g/mol.